The van der Waals surface area contributed by atoms with Gasteiger partial charge in [0.1, 0.15) is 12.3 Å². The number of nitro benzene ring substituents is 1. The Balaban J connectivity index is 1.45. The Hall–Kier alpha value is -4.50. The third-order valence-electron chi connectivity index (χ3n) is 4.82. The molecule has 0 aliphatic rings. The summed E-state index contributed by atoms with van der Waals surface area (Å²) >= 11 is 6.03. The van der Waals surface area contributed by atoms with E-state index in [2.05, 4.69) is 10.4 Å². The van der Waals surface area contributed by atoms with Crippen molar-refractivity contribution in [2.75, 3.05) is 5.32 Å². The third-order valence-corrected chi connectivity index (χ3v) is 5.13. The lowest BCUT2D eigenvalue weighted by Crippen LogP contribution is -2.16. The van der Waals surface area contributed by atoms with Crippen molar-refractivity contribution in [1.29, 1.82) is 0 Å². The summed E-state index contributed by atoms with van der Waals surface area (Å²) in [6.07, 6.45) is 1.76. The van der Waals surface area contributed by atoms with Gasteiger partial charge in [-0.3, -0.25) is 14.9 Å². The summed E-state index contributed by atoms with van der Waals surface area (Å²) in [5, 5.41) is 17.8. The van der Waals surface area contributed by atoms with Crippen molar-refractivity contribution in [2.45, 2.75) is 6.61 Å². The largest absolute Gasteiger partial charge is 0.455 e. The average Bonchev–Trinajstić information content (AvgIpc) is 3.32. The van der Waals surface area contributed by atoms with Crippen molar-refractivity contribution < 1.29 is 19.2 Å². The average molecular weight is 477 g/mol. The van der Waals surface area contributed by atoms with Gasteiger partial charge in [-0.05, 0) is 36.4 Å². The lowest BCUT2D eigenvalue weighted by Gasteiger charge is -2.11. The van der Waals surface area contributed by atoms with E-state index >= 15 is 0 Å². The number of carbonyl (C=O) groups excluding carboxylic acids is 2. The molecule has 0 radical (unpaired) electrons. The predicted molar refractivity (Wildman–Crippen MR) is 125 cm³/mol. The molecule has 9 nitrogen and oxygen atoms in total. The molecule has 0 fully saturated rings. The number of non-ortho nitro benzene ring substituents is 1. The van der Waals surface area contributed by atoms with Crippen molar-refractivity contribution >= 4 is 34.9 Å². The summed E-state index contributed by atoms with van der Waals surface area (Å²) in [6.45, 7) is -0.0604. The first-order valence-electron chi connectivity index (χ1n) is 10.0. The first-order valence-corrected chi connectivity index (χ1v) is 10.4. The molecule has 1 aromatic heterocycles. The minimum absolute atomic E-state index is 0.0295. The van der Waals surface area contributed by atoms with Crippen molar-refractivity contribution in [3.8, 4) is 5.69 Å². The van der Waals surface area contributed by atoms with Crippen molar-refractivity contribution in [3.05, 3.63) is 117 Å². The normalized spacial score (nSPS) is 10.5. The topological polar surface area (TPSA) is 116 Å². The first kappa shape index (κ1) is 22.7. The van der Waals surface area contributed by atoms with Crippen LogP contribution < -0.4 is 5.32 Å². The third kappa shape index (κ3) is 5.11. The molecule has 0 aliphatic carbocycles. The van der Waals surface area contributed by atoms with E-state index in [-0.39, 0.29) is 34.1 Å². The zero-order valence-corrected chi connectivity index (χ0v) is 18.3. The fourth-order valence-electron chi connectivity index (χ4n) is 3.14. The number of hydrogen-bond donors (Lipinski definition) is 1. The second kappa shape index (κ2) is 9.97. The Morgan fingerprint density at radius 2 is 1.74 bits per heavy atom. The molecule has 170 valence electrons. The van der Waals surface area contributed by atoms with Crippen molar-refractivity contribution in [3.63, 3.8) is 0 Å². The molecule has 0 saturated heterocycles. The van der Waals surface area contributed by atoms with Gasteiger partial charge in [-0.15, -0.1) is 0 Å². The monoisotopic (exact) mass is 476 g/mol. The molecule has 1 amide bonds. The maximum absolute atomic E-state index is 12.7. The van der Waals surface area contributed by atoms with Gasteiger partial charge in [0.25, 0.3) is 11.6 Å². The van der Waals surface area contributed by atoms with E-state index in [1.807, 2.05) is 30.3 Å². The first-order chi connectivity index (χ1) is 16.4. The highest BCUT2D eigenvalue weighted by Gasteiger charge is 2.19. The number of amides is 1. The number of nitro groups is 1. The van der Waals surface area contributed by atoms with Crippen LogP contribution in [0.25, 0.3) is 5.69 Å². The summed E-state index contributed by atoms with van der Waals surface area (Å²) in [7, 11) is 0. The molecule has 0 saturated carbocycles. The summed E-state index contributed by atoms with van der Waals surface area (Å²) in [5.41, 5.74) is 1.56. The van der Waals surface area contributed by atoms with E-state index in [4.69, 9.17) is 16.3 Å². The molecule has 4 aromatic rings. The molecule has 3 aromatic carbocycles. The fraction of sp³-hybridized carbons (Fsp3) is 0.0417. The van der Waals surface area contributed by atoms with Gasteiger partial charge in [-0.2, -0.15) is 5.10 Å². The molecule has 10 heteroatoms. The van der Waals surface area contributed by atoms with Crippen LogP contribution in [-0.2, 0) is 11.3 Å². The number of benzene rings is 3. The highest BCUT2D eigenvalue weighted by Crippen LogP contribution is 2.24. The predicted octanol–water partition coefficient (Wildman–Crippen LogP) is 5.04. The van der Waals surface area contributed by atoms with Crippen LogP contribution in [-0.4, -0.2) is 26.6 Å². The molecular weight excluding hydrogens is 460 g/mol. The molecule has 4 rings (SSSR count). The van der Waals surface area contributed by atoms with E-state index in [1.165, 1.54) is 24.3 Å². The molecule has 34 heavy (non-hydrogen) atoms. The number of nitrogens with one attached hydrogen (secondary N) is 1. The Bertz CT molecular complexity index is 1370. The molecule has 0 atom stereocenters. The van der Waals surface area contributed by atoms with Gasteiger partial charge in [0.2, 0.25) is 0 Å². The van der Waals surface area contributed by atoms with Crippen molar-refractivity contribution in [2.24, 2.45) is 0 Å². The van der Waals surface area contributed by atoms with E-state index in [9.17, 15) is 19.7 Å². The number of para-hydroxylation sites is 2. The lowest BCUT2D eigenvalue weighted by molar-refractivity contribution is -0.384. The zero-order chi connectivity index (χ0) is 24.1. The Labute approximate surface area is 198 Å². The van der Waals surface area contributed by atoms with Crippen LogP contribution in [0.1, 0.15) is 26.4 Å². The second-order valence-electron chi connectivity index (χ2n) is 7.08. The number of aromatic nitrogens is 2. The number of ether oxygens (including phenoxy) is 1. The number of esters is 1. The second-order valence-corrected chi connectivity index (χ2v) is 7.49. The minimum Gasteiger partial charge on any atom is -0.455 e. The molecule has 1 N–H and O–H groups in total. The van der Waals surface area contributed by atoms with Crippen LogP contribution in [0.4, 0.5) is 11.4 Å². The molecule has 1 heterocycles. The van der Waals surface area contributed by atoms with E-state index in [0.29, 0.717) is 5.69 Å². The fourth-order valence-corrected chi connectivity index (χ4v) is 3.40. The Kier molecular flexibility index (Phi) is 6.65. The van der Waals surface area contributed by atoms with Gasteiger partial charge in [-0.25, -0.2) is 9.48 Å². The molecule has 0 unspecified atom stereocenters. The standard InChI is InChI=1S/C24H17ClN4O5/c25-21-14-18(29(32)33)10-11-19(21)23(30)26-22-9-5-4-8-20(22)24(31)34-15-16-12-13-28(27-16)17-6-2-1-3-7-17/h1-14H,15H2,(H,26,30). The smallest absolute Gasteiger partial charge is 0.340 e. The number of halogens is 1. The summed E-state index contributed by atoms with van der Waals surface area (Å²) in [6, 6.07) is 21.1. The Morgan fingerprint density at radius 3 is 2.47 bits per heavy atom. The van der Waals surface area contributed by atoms with Gasteiger partial charge >= 0.3 is 5.97 Å². The zero-order valence-electron chi connectivity index (χ0n) is 17.6. The van der Waals surface area contributed by atoms with Gasteiger partial charge in [-0.1, -0.05) is 41.9 Å². The van der Waals surface area contributed by atoms with Crippen LogP contribution in [0.2, 0.25) is 5.02 Å². The van der Waals surface area contributed by atoms with Gasteiger partial charge < -0.3 is 10.1 Å². The van der Waals surface area contributed by atoms with Gasteiger partial charge in [0.15, 0.2) is 0 Å². The van der Waals surface area contributed by atoms with Crippen LogP contribution >= 0.6 is 11.6 Å². The summed E-state index contributed by atoms with van der Waals surface area (Å²) < 4.78 is 7.06. The Morgan fingerprint density at radius 1 is 1.00 bits per heavy atom. The molecular formula is C24H17ClN4O5. The van der Waals surface area contributed by atoms with E-state index in [1.54, 1.807) is 29.1 Å². The molecule has 0 aliphatic heterocycles. The van der Waals surface area contributed by atoms with Gasteiger partial charge in [0.05, 0.1) is 32.4 Å². The SMILES string of the molecule is O=C(Nc1ccccc1C(=O)OCc1ccn(-c2ccccc2)n1)c1ccc([N+](=O)[O-])cc1Cl. The lowest BCUT2D eigenvalue weighted by atomic mass is 10.1. The molecule has 0 bridgehead atoms. The number of rotatable bonds is 7. The van der Waals surface area contributed by atoms with E-state index < -0.39 is 16.8 Å². The quantitative estimate of drug-likeness (QED) is 0.227. The number of carbonyl (C=O) groups is 2. The maximum atomic E-state index is 12.7. The number of anilines is 1. The highest BCUT2D eigenvalue weighted by atomic mass is 35.5. The minimum atomic E-state index is -0.653. The summed E-state index contributed by atoms with van der Waals surface area (Å²) in [4.78, 5) is 35.7. The summed E-state index contributed by atoms with van der Waals surface area (Å²) in [5.74, 6) is -1.28. The molecule has 0 spiro atoms. The van der Waals surface area contributed by atoms with Crippen LogP contribution in [0, 0.1) is 10.1 Å². The highest BCUT2D eigenvalue weighted by molar-refractivity contribution is 6.34. The van der Waals surface area contributed by atoms with Crippen LogP contribution in [0.15, 0.2) is 85.1 Å². The van der Waals surface area contributed by atoms with E-state index in [0.717, 1.165) is 11.8 Å². The number of hydrogen-bond acceptors (Lipinski definition) is 6. The number of nitrogens with zero attached hydrogens (tertiary/aromatic N) is 3. The maximum Gasteiger partial charge on any atom is 0.340 e. The van der Waals surface area contributed by atoms with Crippen LogP contribution in [0.3, 0.4) is 0 Å². The van der Waals surface area contributed by atoms with Gasteiger partial charge in [0, 0.05) is 18.3 Å². The van der Waals surface area contributed by atoms with Crippen molar-refractivity contribution in [1.82, 2.24) is 9.78 Å². The van der Waals surface area contributed by atoms with Crippen LogP contribution in [0.5, 0.6) is 0 Å².